The molecule has 80 valence electrons. The lowest BCUT2D eigenvalue weighted by Gasteiger charge is -2.34. The van der Waals surface area contributed by atoms with E-state index in [2.05, 4.69) is 63.2 Å². The number of nitrogens with one attached hydrogen (secondary N) is 1. The maximum absolute atomic E-state index is 3.79. The zero-order chi connectivity index (χ0) is 10.8. The molecule has 0 radical (unpaired) electrons. The van der Waals surface area contributed by atoms with E-state index in [4.69, 9.17) is 0 Å². The van der Waals surface area contributed by atoms with E-state index in [1.54, 1.807) is 0 Å². The van der Waals surface area contributed by atoms with Gasteiger partial charge in [-0.3, -0.25) is 0 Å². The van der Waals surface area contributed by atoms with Crippen molar-refractivity contribution < 1.29 is 0 Å². The summed E-state index contributed by atoms with van der Waals surface area (Å²) in [5.74, 6) is 0.673. The largest absolute Gasteiger partial charge is 0.333 e. The Kier molecular flexibility index (Phi) is 3.38. The monoisotopic (exact) mass is 209 g/mol. The third-order valence-electron chi connectivity index (χ3n) is 2.29. The van der Waals surface area contributed by atoms with Crippen molar-refractivity contribution in [3.05, 3.63) is 24.3 Å². The SMILES string of the molecule is CC(C)(C)N[Si](C)(C)CC1C=CC=C1. The highest BCUT2D eigenvalue weighted by atomic mass is 28.3. The first kappa shape index (κ1) is 11.7. The number of allylic oxidation sites excluding steroid dienone is 4. The number of hydrogen-bond acceptors (Lipinski definition) is 1. The van der Waals surface area contributed by atoms with E-state index in [1.807, 2.05) is 0 Å². The smallest absolute Gasteiger partial charge is 0.120 e. The van der Waals surface area contributed by atoms with Crippen molar-refractivity contribution in [1.82, 2.24) is 4.98 Å². The summed E-state index contributed by atoms with van der Waals surface area (Å²) >= 11 is 0. The summed E-state index contributed by atoms with van der Waals surface area (Å²) in [5.41, 5.74) is 0.252. The Bertz CT molecular complexity index is 234. The van der Waals surface area contributed by atoms with Gasteiger partial charge in [-0.15, -0.1) is 0 Å². The first-order valence-corrected chi connectivity index (χ1v) is 8.64. The van der Waals surface area contributed by atoms with Crippen molar-refractivity contribution in [3.63, 3.8) is 0 Å². The first-order chi connectivity index (χ1) is 6.29. The van der Waals surface area contributed by atoms with E-state index in [-0.39, 0.29) is 5.54 Å². The quantitative estimate of drug-likeness (QED) is 0.703. The van der Waals surface area contributed by atoms with Gasteiger partial charge in [0.25, 0.3) is 0 Å². The lowest BCUT2D eigenvalue weighted by Crippen LogP contribution is -2.54. The van der Waals surface area contributed by atoms with Crippen molar-refractivity contribution >= 4 is 8.24 Å². The van der Waals surface area contributed by atoms with Gasteiger partial charge in [0, 0.05) is 5.54 Å². The highest BCUT2D eigenvalue weighted by Gasteiger charge is 2.28. The van der Waals surface area contributed by atoms with Crippen LogP contribution in [-0.2, 0) is 0 Å². The van der Waals surface area contributed by atoms with Gasteiger partial charge in [-0.1, -0.05) is 37.4 Å². The van der Waals surface area contributed by atoms with E-state index < -0.39 is 8.24 Å². The molecule has 1 rings (SSSR count). The molecule has 0 aliphatic heterocycles. The van der Waals surface area contributed by atoms with Gasteiger partial charge in [0.05, 0.1) is 0 Å². The summed E-state index contributed by atoms with van der Waals surface area (Å²) in [4.78, 5) is 3.79. The summed E-state index contributed by atoms with van der Waals surface area (Å²) in [6.45, 7) is 11.6. The lowest BCUT2D eigenvalue weighted by molar-refractivity contribution is 0.509. The standard InChI is InChI=1S/C12H23NSi/c1-12(2,3)13-14(4,5)10-11-8-6-7-9-11/h6-9,11,13H,10H2,1-5H3. The van der Waals surface area contributed by atoms with Crippen molar-refractivity contribution in [2.45, 2.75) is 45.4 Å². The van der Waals surface area contributed by atoms with E-state index in [0.29, 0.717) is 5.92 Å². The van der Waals surface area contributed by atoms with E-state index in [1.165, 1.54) is 6.04 Å². The third kappa shape index (κ3) is 4.25. The molecular formula is C12H23NSi. The van der Waals surface area contributed by atoms with Crippen molar-refractivity contribution in [3.8, 4) is 0 Å². The topological polar surface area (TPSA) is 12.0 Å². The molecule has 0 heterocycles. The fraction of sp³-hybridized carbons (Fsp3) is 0.667. The highest BCUT2D eigenvalue weighted by molar-refractivity contribution is 6.75. The molecule has 0 unspecified atom stereocenters. The van der Waals surface area contributed by atoms with Crippen LogP contribution in [0, 0.1) is 5.92 Å². The van der Waals surface area contributed by atoms with Crippen molar-refractivity contribution in [2.75, 3.05) is 0 Å². The second kappa shape index (κ2) is 4.03. The van der Waals surface area contributed by atoms with Crippen LogP contribution in [0.25, 0.3) is 0 Å². The van der Waals surface area contributed by atoms with Crippen molar-refractivity contribution in [1.29, 1.82) is 0 Å². The predicted octanol–water partition coefficient (Wildman–Crippen LogP) is 3.32. The van der Waals surface area contributed by atoms with Gasteiger partial charge >= 0.3 is 0 Å². The third-order valence-corrected chi connectivity index (χ3v) is 5.21. The van der Waals surface area contributed by atoms with Gasteiger partial charge < -0.3 is 4.98 Å². The second-order valence-corrected chi connectivity index (χ2v) is 10.3. The second-order valence-electron chi connectivity index (χ2n) is 5.90. The normalized spacial score (nSPS) is 18.1. The van der Waals surface area contributed by atoms with Crippen LogP contribution in [0.4, 0.5) is 0 Å². The lowest BCUT2D eigenvalue weighted by atomic mass is 10.1. The molecule has 0 bridgehead atoms. The van der Waals surface area contributed by atoms with Crippen molar-refractivity contribution in [2.24, 2.45) is 5.92 Å². The van der Waals surface area contributed by atoms with Crippen LogP contribution < -0.4 is 4.98 Å². The Balaban J connectivity index is 2.48. The minimum atomic E-state index is -1.26. The fourth-order valence-electron chi connectivity index (χ4n) is 2.27. The van der Waals surface area contributed by atoms with Gasteiger partial charge in [0.15, 0.2) is 0 Å². The van der Waals surface area contributed by atoms with Crippen LogP contribution >= 0.6 is 0 Å². The van der Waals surface area contributed by atoms with Gasteiger partial charge in [0.2, 0.25) is 0 Å². The number of hydrogen-bond donors (Lipinski definition) is 1. The number of rotatable bonds is 3. The molecule has 0 amide bonds. The summed E-state index contributed by atoms with van der Waals surface area (Å²) in [6, 6.07) is 1.30. The summed E-state index contributed by atoms with van der Waals surface area (Å²) in [7, 11) is -1.26. The zero-order valence-electron chi connectivity index (χ0n) is 10.1. The van der Waals surface area contributed by atoms with Crippen LogP contribution in [0.5, 0.6) is 0 Å². The summed E-state index contributed by atoms with van der Waals surface area (Å²) < 4.78 is 0. The Morgan fingerprint density at radius 2 is 1.64 bits per heavy atom. The molecule has 0 aromatic heterocycles. The average Bonchev–Trinajstić information content (AvgIpc) is 2.31. The van der Waals surface area contributed by atoms with Gasteiger partial charge in [-0.25, -0.2) is 0 Å². The molecule has 14 heavy (non-hydrogen) atoms. The molecule has 1 aliphatic carbocycles. The first-order valence-electron chi connectivity index (χ1n) is 5.43. The van der Waals surface area contributed by atoms with Crippen LogP contribution in [0.1, 0.15) is 20.8 Å². The molecule has 0 saturated heterocycles. The fourth-order valence-corrected chi connectivity index (χ4v) is 5.85. The van der Waals surface area contributed by atoms with Gasteiger partial charge in [-0.05, 0) is 32.7 Å². The maximum atomic E-state index is 3.79. The van der Waals surface area contributed by atoms with Crippen LogP contribution in [0.3, 0.4) is 0 Å². The van der Waals surface area contributed by atoms with Crippen LogP contribution in [-0.4, -0.2) is 13.8 Å². The van der Waals surface area contributed by atoms with E-state index in [9.17, 15) is 0 Å². The molecule has 0 fully saturated rings. The average molecular weight is 209 g/mol. The minimum Gasteiger partial charge on any atom is -0.333 e. The molecule has 1 aliphatic rings. The Labute approximate surface area is 89.4 Å². The van der Waals surface area contributed by atoms with Crippen LogP contribution in [0.15, 0.2) is 24.3 Å². The molecule has 2 heteroatoms. The van der Waals surface area contributed by atoms with Crippen LogP contribution in [0.2, 0.25) is 19.1 Å². The predicted molar refractivity (Wildman–Crippen MR) is 66.9 cm³/mol. The highest BCUT2D eigenvalue weighted by Crippen LogP contribution is 2.22. The molecule has 0 atom stereocenters. The molecule has 0 aromatic rings. The summed E-state index contributed by atoms with van der Waals surface area (Å²) in [5, 5.41) is 0. The van der Waals surface area contributed by atoms with Gasteiger partial charge in [-0.2, -0.15) is 0 Å². The molecule has 0 spiro atoms. The molecule has 1 nitrogen and oxygen atoms in total. The zero-order valence-corrected chi connectivity index (χ0v) is 11.1. The minimum absolute atomic E-state index is 0.252. The summed E-state index contributed by atoms with van der Waals surface area (Å²) in [6.07, 6.45) is 8.93. The maximum Gasteiger partial charge on any atom is 0.120 e. The molecule has 0 aromatic carbocycles. The van der Waals surface area contributed by atoms with E-state index >= 15 is 0 Å². The van der Waals surface area contributed by atoms with Gasteiger partial charge in [0.1, 0.15) is 8.24 Å². The molecule has 0 saturated carbocycles. The Morgan fingerprint density at radius 3 is 2.07 bits per heavy atom. The molecular weight excluding hydrogens is 186 g/mol. The van der Waals surface area contributed by atoms with E-state index in [0.717, 1.165) is 0 Å². The Hall–Kier alpha value is -0.343. The molecule has 1 N–H and O–H groups in total. The Morgan fingerprint density at radius 1 is 1.14 bits per heavy atom.